The molecule has 0 atom stereocenters. The highest BCUT2D eigenvalue weighted by atomic mass is 15.2. The molecule has 10 aromatic carbocycles. The lowest BCUT2D eigenvalue weighted by Gasteiger charge is -2.30. The van der Waals surface area contributed by atoms with Crippen LogP contribution in [0.4, 0.5) is 34.1 Å². The van der Waals surface area contributed by atoms with Gasteiger partial charge in [0.05, 0.1) is 22.7 Å². The topological polar surface area (TPSA) is 6.48 Å². The van der Waals surface area contributed by atoms with Crippen LogP contribution < -0.4 is 9.80 Å². The average molecular weight is 693 g/mol. The van der Waals surface area contributed by atoms with Gasteiger partial charge in [0.2, 0.25) is 0 Å². The summed E-state index contributed by atoms with van der Waals surface area (Å²) in [5.74, 6) is 0. The van der Waals surface area contributed by atoms with Gasteiger partial charge < -0.3 is 9.80 Å². The monoisotopic (exact) mass is 692 g/mol. The first kappa shape index (κ1) is 32.0. The smallest absolute Gasteiger partial charge is 0.0540 e. The van der Waals surface area contributed by atoms with Crippen LogP contribution in [0.1, 0.15) is 22.3 Å². The minimum atomic E-state index is 1.15. The normalized spacial score (nSPS) is 11.7. The third-order valence-corrected chi connectivity index (χ3v) is 11.6. The van der Waals surface area contributed by atoms with E-state index in [0.29, 0.717) is 0 Å². The molecule has 2 nitrogen and oxygen atoms in total. The number of nitrogens with zero attached hydrogens (tertiary/aromatic N) is 2. The van der Waals surface area contributed by atoms with Crippen molar-refractivity contribution in [2.24, 2.45) is 0 Å². The maximum absolute atomic E-state index is 2.47. The van der Waals surface area contributed by atoms with Crippen LogP contribution >= 0.6 is 0 Å². The Bertz CT molecular complexity index is 2840. The summed E-state index contributed by atoms with van der Waals surface area (Å²) in [7, 11) is 0. The van der Waals surface area contributed by atoms with Gasteiger partial charge in [-0.05, 0) is 131 Å². The predicted molar refractivity (Wildman–Crippen MR) is 233 cm³/mol. The molecule has 0 heterocycles. The molecule has 0 aliphatic rings. The van der Waals surface area contributed by atoms with Crippen molar-refractivity contribution in [3.05, 3.63) is 192 Å². The average Bonchev–Trinajstić information content (AvgIpc) is 3.20. The molecule has 0 radical (unpaired) electrons. The molecule has 0 spiro atoms. The molecule has 0 unspecified atom stereocenters. The van der Waals surface area contributed by atoms with Crippen molar-refractivity contribution in [1.29, 1.82) is 0 Å². The molecule has 0 N–H and O–H groups in total. The Balaban J connectivity index is 1.27. The summed E-state index contributed by atoms with van der Waals surface area (Å²) >= 11 is 0. The van der Waals surface area contributed by atoms with Gasteiger partial charge in [-0.3, -0.25) is 0 Å². The van der Waals surface area contributed by atoms with E-state index in [1.54, 1.807) is 0 Å². The summed E-state index contributed by atoms with van der Waals surface area (Å²) in [6.07, 6.45) is 0. The minimum absolute atomic E-state index is 1.15. The zero-order valence-corrected chi connectivity index (χ0v) is 31.1. The number of rotatable bonds is 6. The number of hydrogen-bond donors (Lipinski definition) is 0. The van der Waals surface area contributed by atoms with Gasteiger partial charge in [-0.25, -0.2) is 0 Å². The van der Waals surface area contributed by atoms with Gasteiger partial charge in [-0.2, -0.15) is 0 Å². The lowest BCUT2D eigenvalue weighted by Crippen LogP contribution is -2.12. The summed E-state index contributed by atoms with van der Waals surface area (Å²) < 4.78 is 0. The van der Waals surface area contributed by atoms with Crippen molar-refractivity contribution in [2.75, 3.05) is 9.80 Å². The molecule has 0 fully saturated rings. The van der Waals surface area contributed by atoms with Crippen molar-refractivity contribution in [3.8, 4) is 0 Å². The fourth-order valence-electron chi connectivity index (χ4n) is 8.51. The van der Waals surface area contributed by atoms with E-state index < -0.39 is 0 Å². The van der Waals surface area contributed by atoms with Gasteiger partial charge in [0.1, 0.15) is 0 Å². The van der Waals surface area contributed by atoms with Gasteiger partial charge in [-0.1, -0.05) is 121 Å². The maximum atomic E-state index is 2.47. The molecule has 10 aromatic rings. The molecule has 0 aromatic heterocycles. The first-order valence-electron chi connectivity index (χ1n) is 18.9. The Morgan fingerprint density at radius 1 is 0.278 bits per heavy atom. The molecule has 0 amide bonds. The third kappa shape index (κ3) is 5.02. The quantitative estimate of drug-likeness (QED) is 0.160. The van der Waals surface area contributed by atoms with Gasteiger partial charge >= 0.3 is 0 Å². The maximum Gasteiger partial charge on any atom is 0.0540 e. The van der Waals surface area contributed by atoms with Gasteiger partial charge in [0.25, 0.3) is 0 Å². The van der Waals surface area contributed by atoms with Crippen LogP contribution in [0.25, 0.3) is 53.9 Å². The fourth-order valence-corrected chi connectivity index (χ4v) is 8.51. The first-order chi connectivity index (χ1) is 26.4. The second-order valence-corrected chi connectivity index (χ2v) is 14.8. The molecule has 54 heavy (non-hydrogen) atoms. The van der Waals surface area contributed by atoms with E-state index in [2.05, 4.69) is 207 Å². The van der Waals surface area contributed by atoms with Crippen molar-refractivity contribution in [3.63, 3.8) is 0 Å². The molecule has 0 saturated carbocycles. The summed E-state index contributed by atoms with van der Waals surface area (Å²) in [5, 5.41) is 12.4. The van der Waals surface area contributed by atoms with E-state index in [9.17, 15) is 0 Å². The van der Waals surface area contributed by atoms with Gasteiger partial charge in [0.15, 0.2) is 0 Å². The molecular formula is C52H40N2. The van der Waals surface area contributed by atoms with Crippen LogP contribution in [0.5, 0.6) is 0 Å². The third-order valence-electron chi connectivity index (χ3n) is 11.6. The lowest BCUT2D eigenvalue weighted by molar-refractivity contribution is 1.27. The Labute approximate surface area is 316 Å². The largest absolute Gasteiger partial charge is 0.309 e. The number of fused-ring (bicyclic) bond motifs is 2. The van der Waals surface area contributed by atoms with Crippen molar-refractivity contribution >= 4 is 88.0 Å². The van der Waals surface area contributed by atoms with Gasteiger partial charge in [-0.15, -0.1) is 0 Å². The Morgan fingerprint density at radius 3 is 1.11 bits per heavy atom. The summed E-state index contributed by atoms with van der Waals surface area (Å²) in [5.41, 5.74) is 12.1. The zero-order valence-electron chi connectivity index (χ0n) is 31.1. The second-order valence-electron chi connectivity index (χ2n) is 14.8. The molecule has 0 aliphatic carbocycles. The fraction of sp³-hybridized carbons (Fsp3) is 0.0769. The number of aryl methyl sites for hydroxylation is 4. The highest BCUT2D eigenvalue weighted by Crippen LogP contribution is 2.49. The Hall–Kier alpha value is -6.64. The minimum Gasteiger partial charge on any atom is -0.309 e. The highest BCUT2D eigenvalue weighted by molar-refractivity contribution is 6.28. The molecule has 10 rings (SSSR count). The summed E-state index contributed by atoms with van der Waals surface area (Å²) in [4.78, 5) is 4.94. The van der Waals surface area contributed by atoms with E-state index in [4.69, 9.17) is 0 Å². The van der Waals surface area contributed by atoms with Crippen molar-refractivity contribution in [1.82, 2.24) is 0 Å². The zero-order chi connectivity index (χ0) is 36.5. The van der Waals surface area contributed by atoms with Crippen LogP contribution in [-0.4, -0.2) is 0 Å². The molecule has 2 heteroatoms. The van der Waals surface area contributed by atoms with Gasteiger partial charge in [0, 0.05) is 32.9 Å². The Morgan fingerprint density at radius 2 is 0.667 bits per heavy atom. The van der Waals surface area contributed by atoms with Crippen LogP contribution in [0, 0.1) is 27.7 Å². The van der Waals surface area contributed by atoms with E-state index in [0.717, 1.165) is 11.4 Å². The molecule has 0 saturated heterocycles. The Kier molecular flexibility index (Phi) is 7.42. The van der Waals surface area contributed by atoms with Crippen LogP contribution in [0.3, 0.4) is 0 Å². The molecular weight excluding hydrogens is 653 g/mol. The highest BCUT2D eigenvalue weighted by Gasteiger charge is 2.23. The lowest BCUT2D eigenvalue weighted by atomic mass is 9.91. The number of anilines is 6. The number of benzene rings is 10. The van der Waals surface area contributed by atoms with Crippen molar-refractivity contribution in [2.45, 2.75) is 27.7 Å². The van der Waals surface area contributed by atoms with Crippen LogP contribution in [0.15, 0.2) is 170 Å². The molecule has 258 valence electrons. The van der Waals surface area contributed by atoms with E-state index in [1.165, 1.54) is 98.9 Å². The van der Waals surface area contributed by atoms with E-state index in [-0.39, 0.29) is 0 Å². The molecule has 0 bridgehead atoms. The predicted octanol–water partition coefficient (Wildman–Crippen LogP) is 15.1. The SMILES string of the molecule is Cc1ccc(N(c2cccc3ccccc23)c2ccc3ccc4c(N(c5ccc(C)c(C)c5)c5cccc6ccccc56)ccc5ccc2c3c54)cc1C. The van der Waals surface area contributed by atoms with Crippen LogP contribution in [-0.2, 0) is 0 Å². The van der Waals surface area contributed by atoms with E-state index >= 15 is 0 Å². The first-order valence-corrected chi connectivity index (χ1v) is 18.9. The van der Waals surface area contributed by atoms with Crippen LogP contribution in [0.2, 0.25) is 0 Å². The second kappa shape index (κ2) is 12.5. The molecule has 0 aliphatic heterocycles. The standard InChI is InChI=1S/C52H40N2/c1-33-19-25-41(31-35(33)3)53(47-17-9-13-37-11-5-7-15-43(37)47)49-29-23-39-22-28-46-50(30-24-40-21-27-45(49)51(39)52(40)46)54(42-26-20-34(2)36(4)32-42)48-18-10-14-38-12-6-8-16-44(38)48/h5-32H,1-4H3. The summed E-state index contributed by atoms with van der Waals surface area (Å²) in [6.45, 7) is 8.80. The van der Waals surface area contributed by atoms with E-state index in [1.807, 2.05) is 0 Å². The number of hydrogen-bond acceptors (Lipinski definition) is 2. The van der Waals surface area contributed by atoms with Crippen molar-refractivity contribution < 1.29 is 0 Å². The summed E-state index contributed by atoms with van der Waals surface area (Å²) in [6, 6.07) is 63.0.